The molecule has 12 heavy (non-hydrogen) atoms. The largest absolute Gasteiger partial charge is 0.480 e. The second-order valence-electron chi connectivity index (χ2n) is 2.16. The first-order valence-corrected chi connectivity index (χ1v) is 3.14. The zero-order chi connectivity index (χ0) is 9.30. The van der Waals surface area contributed by atoms with Crippen LogP contribution in [0.4, 0.5) is 10.2 Å². The Morgan fingerprint density at radius 1 is 1.67 bits per heavy atom. The van der Waals surface area contributed by atoms with E-state index in [4.69, 9.17) is 5.73 Å². The highest BCUT2D eigenvalue weighted by atomic mass is 19.1. The summed E-state index contributed by atoms with van der Waals surface area (Å²) in [5.74, 6) is -1.48. The zero-order valence-electron chi connectivity index (χ0n) is 6.67. The Bertz CT molecular complexity index is 361. The summed E-state index contributed by atoms with van der Waals surface area (Å²) in [5.41, 5.74) is 4.44. The van der Waals surface area contributed by atoms with Crippen LogP contribution in [0.3, 0.4) is 0 Å². The van der Waals surface area contributed by atoms with Crippen molar-refractivity contribution in [2.45, 2.75) is 0 Å². The fourth-order valence-corrected chi connectivity index (χ4v) is 0.797. The summed E-state index contributed by atoms with van der Waals surface area (Å²) in [6.07, 6.45) is 0. The Labute approximate surface area is 67.6 Å². The molecule has 1 rings (SSSR count). The molecule has 0 unspecified atom stereocenters. The average molecular weight is 173 g/mol. The number of nitrogens with two attached hydrogens (primary N) is 1. The summed E-state index contributed by atoms with van der Waals surface area (Å²) < 4.78 is 18.5. The molecule has 0 bridgehead atoms. The van der Waals surface area contributed by atoms with E-state index in [0.29, 0.717) is 0 Å². The third kappa shape index (κ3) is 1.11. The van der Waals surface area contributed by atoms with E-state index in [1.54, 1.807) is 0 Å². The first-order valence-electron chi connectivity index (χ1n) is 3.14. The van der Waals surface area contributed by atoms with Gasteiger partial charge in [-0.1, -0.05) is 0 Å². The van der Waals surface area contributed by atoms with Crippen LogP contribution >= 0.6 is 0 Å². The van der Waals surface area contributed by atoms with Gasteiger partial charge in [0.25, 0.3) is 0 Å². The number of rotatable bonds is 1. The second-order valence-corrected chi connectivity index (χ2v) is 2.16. The van der Waals surface area contributed by atoms with Crippen molar-refractivity contribution in [3.63, 3.8) is 0 Å². The maximum atomic E-state index is 13.0. The molecule has 0 aromatic carbocycles. The quantitative estimate of drug-likeness (QED) is 0.622. The van der Waals surface area contributed by atoms with Gasteiger partial charge in [-0.05, 0) is 0 Å². The predicted octanol–water partition coefficient (Wildman–Crippen LogP) is -0.490. The van der Waals surface area contributed by atoms with Gasteiger partial charge >= 0.3 is 5.69 Å². The molecule has 0 amide bonds. The van der Waals surface area contributed by atoms with E-state index in [-0.39, 0.29) is 5.88 Å². The van der Waals surface area contributed by atoms with Crippen LogP contribution in [-0.4, -0.2) is 16.7 Å². The third-order valence-electron chi connectivity index (χ3n) is 1.41. The summed E-state index contributed by atoms with van der Waals surface area (Å²) in [5, 5.41) is 0. The molecule has 0 spiro atoms. The van der Waals surface area contributed by atoms with Gasteiger partial charge in [0.1, 0.15) is 0 Å². The molecule has 1 heterocycles. The SMILES string of the molecule is COc1c(F)c(N)nc(=O)n1C. The lowest BCUT2D eigenvalue weighted by Gasteiger charge is -2.06. The molecule has 0 saturated heterocycles. The van der Waals surface area contributed by atoms with E-state index in [1.807, 2.05) is 0 Å². The summed E-state index contributed by atoms with van der Waals surface area (Å²) in [6, 6.07) is 0. The molecule has 0 atom stereocenters. The van der Waals surface area contributed by atoms with Crippen molar-refractivity contribution in [2.75, 3.05) is 12.8 Å². The van der Waals surface area contributed by atoms with Crippen LogP contribution in [0.1, 0.15) is 0 Å². The number of hydrogen-bond donors (Lipinski definition) is 1. The lowest BCUT2D eigenvalue weighted by molar-refractivity contribution is 0.345. The Balaban J connectivity index is 3.53. The van der Waals surface area contributed by atoms with Crippen LogP contribution in [0.25, 0.3) is 0 Å². The number of methoxy groups -OCH3 is 1. The Morgan fingerprint density at radius 3 is 2.75 bits per heavy atom. The summed E-state index contributed by atoms with van der Waals surface area (Å²) in [4.78, 5) is 14.1. The van der Waals surface area contributed by atoms with E-state index < -0.39 is 17.3 Å². The minimum Gasteiger partial charge on any atom is -0.480 e. The molecular weight excluding hydrogens is 165 g/mol. The lowest BCUT2D eigenvalue weighted by atomic mass is 10.5. The first kappa shape index (κ1) is 8.51. The zero-order valence-corrected chi connectivity index (χ0v) is 6.67. The Hall–Kier alpha value is -1.59. The molecule has 0 radical (unpaired) electrons. The van der Waals surface area contributed by atoms with Gasteiger partial charge in [-0.3, -0.25) is 4.57 Å². The summed E-state index contributed by atoms with van der Waals surface area (Å²) >= 11 is 0. The number of ether oxygens (including phenoxy) is 1. The average Bonchev–Trinajstić information content (AvgIpc) is 2.02. The molecule has 1 aromatic rings. The highest BCUT2D eigenvalue weighted by molar-refractivity contribution is 5.34. The molecule has 0 saturated carbocycles. The number of hydrogen-bond acceptors (Lipinski definition) is 4. The fourth-order valence-electron chi connectivity index (χ4n) is 0.797. The minimum absolute atomic E-state index is 0.215. The molecule has 0 fully saturated rings. The summed E-state index contributed by atoms with van der Waals surface area (Å²) in [7, 11) is 2.59. The molecule has 0 aliphatic carbocycles. The molecule has 1 aromatic heterocycles. The van der Waals surface area contributed by atoms with Crippen LogP contribution in [0.5, 0.6) is 5.88 Å². The number of aromatic nitrogens is 2. The standard InChI is InChI=1S/C6H8FN3O2/c1-10-5(12-2)3(7)4(8)9-6(10)11/h1-2H3,(H2,8,9,11). The maximum absolute atomic E-state index is 13.0. The van der Waals surface area contributed by atoms with Crippen molar-refractivity contribution < 1.29 is 9.13 Å². The molecule has 0 aliphatic heterocycles. The van der Waals surface area contributed by atoms with Crippen LogP contribution in [0.2, 0.25) is 0 Å². The Kier molecular flexibility index (Phi) is 1.99. The molecule has 0 aliphatic rings. The molecule has 66 valence electrons. The van der Waals surface area contributed by atoms with Gasteiger partial charge in [0.2, 0.25) is 11.7 Å². The van der Waals surface area contributed by atoms with Crippen molar-refractivity contribution in [1.29, 1.82) is 0 Å². The lowest BCUT2D eigenvalue weighted by Crippen LogP contribution is -2.24. The molecule has 5 nitrogen and oxygen atoms in total. The van der Waals surface area contributed by atoms with Crippen molar-refractivity contribution in [3.8, 4) is 5.88 Å². The summed E-state index contributed by atoms with van der Waals surface area (Å²) in [6.45, 7) is 0. The topological polar surface area (TPSA) is 70.1 Å². The molecule has 6 heteroatoms. The van der Waals surface area contributed by atoms with E-state index in [2.05, 4.69) is 9.72 Å². The van der Waals surface area contributed by atoms with Crippen LogP contribution in [0, 0.1) is 5.82 Å². The van der Waals surface area contributed by atoms with Crippen molar-refractivity contribution in [1.82, 2.24) is 9.55 Å². The number of nitrogen functional groups attached to an aromatic ring is 1. The van der Waals surface area contributed by atoms with Crippen molar-refractivity contribution in [3.05, 3.63) is 16.3 Å². The Morgan fingerprint density at radius 2 is 2.25 bits per heavy atom. The van der Waals surface area contributed by atoms with Crippen LogP contribution < -0.4 is 16.2 Å². The normalized spacial score (nSPS) is 9.92. The highest BCUT2D eigenvalue weighted by Crippen LogP contribution is 2.15. The monoisotopic (exact) mass is 173 g/mol. The second kappa shape index (κ2) is 2.80. The minimum atomic E-state index is -0.820. The first-order chi connectivity index (χ1) is 5.57. The van der Waals surface area contributed by atoms with E-state index in [0.717, 1.165) is 4.57 Å². The van der Waals surface area contributed by atoms with Gasteiger partial charge in [0, 0.05) is 7.05 Å². The van der Waals surface area contributed by atoms with Gasteiger partial charge in [-0.25, -0.2) is 4.79 Å². The van der Waals surface area contributed by atoms with Gasteiger partial charge in [-0.2, -0.15) is 9.37 Å². The predicted molar refractivity (Wildman–Crippen MR) is 40.4 cm³/mol. The van der Waals surface area contributed by atoms with Crippen molar-refractivity contribution in [2.24, 2.45) is 7.05 Å². The van der Waals surface area contributed by atoms with E-state index in [9.17, 15) is 9.18 Å². The van der Waals surface area contributed by atoms with Crippen LogP contribution in [-0.2, 0) is 7.05 Å². The van der Waals surface area contributed by atoms with Gasteiger partial charge in [-0.15, -0.1) is 0 Å². The van der Waals surface area contributed by atoms with E-state index in [1.165, 1.54) is 14.2 Å². The van der Waals surface area contributed by atoms with Gasteiger partial charge in [0.05, 0.1) is 7.11 Å². The highest BCUT2D eigenvalue weighted by Gasteiger charge is 2.12. The maximum Gasteiger partial charge on any atom is 0.352 e. The van der Waals surface area contributed by atoms with E-state index >= 15 is 0 Å². The number of anilines is 1. The van der Waals surface area contributed by atoms with Crippen molar-refractivity contribution >= 4 is 5.82 Å². The molecular formula is C6H8FN3O2. The number of halogens is 1. The number of nitrogens with zero attached hydrogens (tertiary/aromatic N) is 2. The van der Waals surface area contributed by atoms with Crippen LogP contribution in [0.15, 0.2) is 4.79 Å². The fraction of sp³-hybridized carbons (Fsp3) is 0.333. The smallest absolute Gasteiger partial charge is 0.352 e. The van der Waals surface area contributed by atoms with Gasteiger partial charge < -0.3 is 10.5 Å². The van der Waals surface area contributed by atoms with Gasteiger partial charge in [0.15, 0.2) is 5.82 Å². The third-order valence-corrected chi connectivity index (χ3v) is 1.41. The molecule has 2 N–H and O–H groups in total.